The molecular formula is C9H18INO. The molecule has 0 aliphatic rings. The molecule has 0 saturated heterocycles. The standard InChI is InChI=1S/C9H18INO/c1-4-6-11(12)7-9(5-2)8(3)10/h9,12H,3-7H2,1-2H3. The minimum absolute atomic E-state index is 0.419. The summed E-state index contributed by atoms with van der Waals surface area (Å²) in [5.41, 5.74) is 0. The second-order valence-corrected chi connectivity index (χ2v) is 4.35. The van der Waals surface area contributed by atoms with Gasteiger partial charge in [-0.25, -0.2) is 0 Å². The zero-order valence-corrected chi connectivity index (χ0v) is 10.0. The van der Waals surface area contributed by atoms with Crippen LogP contribution in [0.25, 0.3) is 0 Å². The highest BCUT2D eigenvalue weighted by atomic mass is 127. The summed E-state index contributed by atoms with van der Waals surface area (Å²) in [5.74, 6) is 0.419. The van der Waals surface area contributed by atoms with Gasteiger partial charge < -0.3 is 5.21 Å². The zero-order valence-electron chi connectivity index (χ0n) is 7.89. The lowest BCUT2D eigenvalue weighted by Crippen LogP contribution is -2.26. The summed E-state index contributed by atoms with van der Waals surface area (Å²) in [5, 5.41) is 10.8. The summed E-state index contributed by atoms with van der Waals surface area (Å²) in [6.07, 6.45) is 2.03. The summed E-state index contributed by atoms with van der Waals surface area (Å²) in [6.45, 7) is 9.53. The molecule has 0 heterocycles. The molecule has 0 aromatic rings. The average molecular weight is 283 g/mol. The van der Waals surface area contributed by atoms with Gasteiger partial charge in [-0.3, -0.25) is 0 Å². The lowest BCUT2D eigenvalue weighted by molar-refractivity contribution is -0.0976. The predicted octanol–water partition coefficient (Wildman–Crippen LogP) is 3.06. The molecule has 0 bridgehead atoms. The van der Waals surface area contributed by atoms with Gasteiger partial charge in [-0.2, -0.15) is 5.06 Å². The van der Waals surface area contributed by atoms with Crippen molar-refractivity contribution in [1.29, 1.82) is 0 Å². The molecule has 0 amide bonds. The highest BCUT2D eigenvalue weighted by Gasteiger charge is 2.11. The van der Waals surface area contributed by atoms with Crippen molar-refractivity contribution in [1.82, 2.24) is 5.06 Å². The van der Waals surface area contributed by atoms with Gasteiger partial charge >= 0.3 is 0 Å². The quantitative estimate of drug-likeness (QED) is 0.598. The minimum Gasteiger partial charge on any atom is -0.314 e. The van der Waals surface area contributed by atoms with Crippen molar-refractivity contribution < 1.29 is 5.21 Å². The molecular weight excluding hydrogens is 265 g/mol. The van der Waals surface area contributed by atoms with Crippen molar-refractivity contribution in [3.05, 3.63) is 10.2 Å². The maximum atomic E-state index is 9.39. The van der Waals surface area contributed by atoms with E-state index in [0.29, 0.717) is 12.5 Å². The fourth-order valence-electron chi connectivity index (χ4n) is 1.05. The molecule has 1 N–H and O–H groups in total. The highest BCUT2D eigenvalue weighted by Crippen LogP contribution is 2.20. The van der Waals surface area contributed by atoms with Gasteiger partial charge in [0.1, 0.15) is 0 Å². The Kier molecular flexibility index (Phi) is 7.08. The monoisotopic (exact) mass is 283 g/mol. The third kappa shape index (κ3) is 5.11. The molecule has 0 aromatic carbocycles. The molecule has 1 unspecified atom stereocenters. The Morgan fingerprint density at radius 2 is 2.17 bits per heavy atom. The second kappa shape index (κ2) is 6.86. The molecule has 0 fully saturated rings. The van der Waals surface area contributed by atoms with Crippen LogP contribution in [0.2, 0.25) is 0 Å². The normalized spacial score (nSPS) is 13.4. The topological polar surface area (TPSA) is 23.5 Å². The van der Waals surface area contributed by atoms with Crippen LogP contribution in [-0.2, 0) is 0 Å². The summed E-state index contributed by atoms with van der Waals surface area (Å²) >= 11 is 2.23. The van der Waals surface area contributed by atoms with Crippen LogP contribution in [0.4, 0.5) is 0 Å². The van der Waals surface area contributed by atoms with Crippen LogP contribution in [0, 0.1) is 5.92 Å². The Balaban J connectivity index is 3.77. The van der Waals surface area contributed by atoms with Crippen molar-refractivity contribution in [3.63, 3.8) is 0 Å². The number of hydrogen-bond acceptors (Lipinski definition) is 2. The van der Waals surface area contributed by atoms with Gasteiger partial charge in [-0.15, -0.1) is 0 Å². The Hall–Kier alpha value is 0.390. The Morgan fingerprint density at radius 3 is 2.50 bits per heavy atom. The minimum atomic E-state index is 0.419. The van der Waals surface area contributed by atoms with E-state index < -0.39 is 0 Å². The molecule has 0 spiro atoms. The van der Waals surface area contributed by atoms with Gasteiger partial charge in [-0.1, -0.05) is 20.4 Å². The van der Waals surface area contributed by atoms with Gasteiger partial charge in [0.2, 0.25) is 0 Å². The number of halogens is 1. The smallest absolute Gasteiger partial charge is 0.0311 e. The molecule has 12 heavy (non-hydrogen) atoms. The molecule has 0 saturated carbocycles. The van der Waals surface area contributed by atoms with Crippen LogP contribution < -0.4 is 0 Å². The highest BCUT2D eigenvalue weighted by molar-refractivity contribution is 14.1. The van der Waals surface area contributed by atoms with Gasteiger partial charge in [0.05, 0.1) is 0 Å². The number of hydroxylamine groups is 2. The maximum absolute atomic E-state index is 9.39. The fraction of sp³-hybridized carbons (Fsp3) is 0.778. The molecule has 0 aliphatic carbocycles. The van der Waals surface area contributed by atoms with Crippen molar-refractivity contribution in [3.8, 4) is 0 Å². The van der Waals surface area contributed by atoms with E-state index >= 15 is 0 Å². The molecule has 0 aliphatic heterocycles. The van der Waals surface area contributed by atoms with E-state index in [9.17, 15) is 5.21 Å². The Labute approximate surface area is 88.7 Å². The molecule has 72 valence electrons. The van der Waals surface area contributed by atoms with Crippen molar-refractivity contribution in [2.24, 2.45) is 5.92 Å². The summed E-state index contributed by atoms with van der Waals surface area (Å²) in [6, 6.07) is 0. The number of rotatable bonds is 6. The van der Waals surface area contributed by atoms with E-state index in [-0.39, 0.29) is 0 Å². The van der Waals surface area contributed by atoms with Gasteiger partial charge in [0, 0.05) is 19.0 Å². The van der Waals surface area contributed by atoms with Crippen LogP contribution in [0.5, 0.6) is 0 Å². The van der Waals surface area contributed by atoms with Crippen molar-refractivity contribution in [2.75, 3.05) is 13.1 Å². The van der Waals surface area contributed by atoms with Crippen molar-refractivity contribution in [2.45, 2.75) is 26.7 Å². The molecule has 0 rings (SSSR count). The van der Waals surface area contributed by atoms with E-state index in [2.05, 4.69) is 43.0 Å². The maximum Gasteiger partial charge on any atom is 0.0311 e. The average Bonchev–Trinajstić information content (AvgIpc) is 2.00. The lowest BCUT2D eigenvalue weighted by atomic mass is 10.1. The Morgan fingerprint density at radius 1 is 1.58 bits per heavy atom. The third-order valence-corrected chi connectivity index (χ3v) is 2.73. The van der Waals surface area contributed by atoms with Crippen LogP contribution >= 0.6 is 22.6 Å². The van der Waals surface area contributed by atoms with E-state index in [1.807, 2.05) is 0 Å². The van der Waals surface area contributed by atoms with Gasteiger partial charge in [0.15, 0.2) is 0 Å². The Bertz CT molecular complexity index is 138. The SMILES string of the molecule is C=C(I)C(CC)CN(O)CCC. The molecule has 0 radical (unpaired) electrons. The summed E-state index contributed by atoms with van der Waals surface area (Å²) < 4.78 is 1.13. The third-order valence-electron chi connectivity index (χ3n) is 1.85. The molecule has 0 aromatic heterocycles. The molecule has 3 heteroatoms. The van der Waals surface area contributed by atoms with Crippen molar-refractivity contribution >= 4 is 22.6 Å². The van der Waals surface area contributed by atoms with Crippen LogP contribution in [0.3, 0.4) is 0 Å². The van der Waals surface area contributed by atoms with E-state index in [4.69, 9.17) is 0 Å². The summed E-state index contributed by atoms with van der Waals surface area (Å²) in [7, 11) is 0. The van der Waals surface area contributed by atoms with E-state index in [1.165, 1.54) is 5.06 Å². The second-order valence-electron chi connectivity index (χ2n) is 2.96. The number of hydrogen-bond donors (Lipinski definition) is 1. The van der Waals surface area contributed by atoms with Crippen LogP contribution in [0.1, 0.15) is 26.7 Å². The van der Waals surface area contributed by atoms with Crippen LogP contribution in [0.15, 0.2) is 10.2 Å². The fourth-order valence-corrected chi connectivity index (χ4v) is 1.69. The van der Waals surface area contributed by atoms with E-state index in [1.54, 1.807) is 0 Å². The first-order valence-electron chi connectivity index (χ1n) is 4.39. The molecule has 2 nitrogen and oxygen atoms in total. The largest absolute Gasteiger partial charge is 0.314 e. The number of nitrogens with zero attached hydrogens (tertiary/aromatic N) is 1. The molecule has 1 atom stereocenters. The zero-order chi connectivity index (χ0) is 9.56. The first kappa shape index (κ1) is 12.4. The van der Waals surface area contributed by atoms with Gasteiger partial charge in [0.25, 0.3) is 0 Å². The van der Waals surface area contributed by atoms with E-state index in [0.717, 1.165) is 23.0 Å². The predicted molar refractivity (Wildman–Crippen MR) is 60.6 cm³/mol. The summed E-state index contributed by atoms with van der Waals surface area (Å²) in [4.78, 5) is 0. The lowest BCUT2D eigenvalue weighted by Gasteiger charge is -2.20. The van der Waals surface area contributed by atoms with Gasteiger partial charge in [-0.05, 0) is 39.0 Å². The first-order chi connectivity index (χ1) is 5.61. The first-order valence-corrected chi connectivity index (χ1v) is 5.47. The van der Waals surface area contributed by atoms with Crippen LogP contribution in [-0.4, -0.2) is 23.4 Å².